The van der Waals surface area contributed by atoms with Crippen molar-refractivity contribution in [2.75, 3.05) is 11.9 Å². The lowest BCUT2D eigenvalue weighted by Gasteiger charge is -2.31. The van der Waals surface area contributed by atoms with Crippen molar-refractivity contribution >= 4 is 11.6 Å². The Hall–Kier alpha value is -3.03. The summed E-state index contributed by atoms with van der Waals surface area (Å²) < 4.78 is 5.97. The first kappa shape index (κ1) is 19.3. The van der Waals surface area contributed by atoms with Crippen LogP contribution in [-0.4, -0.2) is 27.7 Å². The summed E-state index contributed by atoms with van der Waals surface area (Å²) in [5.74, 6) is 0.984. The van der Waals surface area contributed by atoms with E-state index in [1.165, 1.54) is 5.56 Å². The van der Waals surface area contributed by atoms with Gasteiger partial charge in [-0.05, 0) is 49.6 Å². The van der Waals surface area contributed by atoms with Crippen LogP contribution in [0.4, 0.5) is 5.69 Å². The summed E-state index contributed by atoms with van der Waals surface area (Å²) in [6.45, 7) is 3.04. The van der Waals surface area contributed by atoms with Crippen molar-refractivity contribution in [3.63, 3.8) is 0 Å². The number of nitrogens with two attached hydrogens (primary N) is 1. The van der Waals surface area contributed by atoms with Gasteiger partial charge in [0.25, 0.3) is 0 Å². The molecule has 1 aromatic heterocycles. The zero-order valence-corrected chi connectivity index (χ0v) is 16.4. The molecule has 150 valence electrons. The van der Waals surface area contributed by atoms with Gasteiger partial charge >= 0.3 is 0 Å². The third-order valence-corrected chi connectivity index (χ3v) is 5.20. The van der Waals surface area contributed by atoms with Gasteiger partial charge in [-0.1, -0.05) is 29.8 Å². The molecule has 4 rings (SSSR count). The van der Waals surface area contributed by atoms with Crippen molar-refractivity contribution in [2.45, 2.75) is 32.4 Å². The van der Waals surface area contributed by atoms with Crippen LogP contribution in [0.25, 0.3) is 11.4 Å². The zero-order chi connectivity index (χ0) is 20.2. The Kier molecular flexibility index (Phi) is 5.69. The van der Waals surface area contributed by atoms with Crippen molar-refractivity contribution in [1.29, 1.82) is 0 Å². The van der Waals surface area contributed by atoms with E-state index < -0.39 is 0 Å². The fraction of sp³-hybridized carbons (Fsp3) is 0.318. The normalized spacial score (nSPS) is 19.1. The molecule has 29 heavy (non-hydrogen) atoms. The molecule has 7 heteroatoms. The quantitative estimate of drug-likeness (QED) is 0.618. The predicted octanol–water partition coefficient (Wildman–Crippen LogP) is 3.35. The molecule has 1 aliphatic heterocycles. The van der Waals surface area contributed by atoms with Crippen molar-refractivity contribution in [3.8, 4) is 11.4 Å². The number of anilines is 1. The van der Waals surface area contributed by atoms with Gasteiger partial charge in [0.1, 0.15) is 5.82 Å². The summed E-state index contributed by atoms with van der Waals surface area (Å²) in [5.41, 5.74) is 9.39. The van der Waals surface area contributed by atoms with Gasteiger partial charge in [-0.2, -0.15) is 5.10 Å². The molecule has 0 radical (unpaired) electrons. The molecule has 2 unspecified atom stereocenters. The average Bonchev–Trinajstić information content (AvgIpc) is 3.24. The van der Waals surface area contributed by atoms with Gasteiger partial charge in [-0.25, -0.2) is 4.98 Å². The number of carbonyl (C=O) groups is 1. The number of carbonyl (C=O) groups excluding carboxylic acids is 1. The minimum Gasteiger partial charge on any atom is -0.373 e. The van der Waals surface area contributed by atoms with Gasteiger partial charge < -0.3 is 15.8 Å². The van der Waals surface area contributed by atoms with Crippen LogP contribution >= 0.6 is 0 Å². The average molecular weight is 391 g/mol. The molecule has 1 aliphatic rings. The van der Waals surface area contributed by atoms with Crippen molar-refractivity contribution in [1.82, 2.24) is 15.2 Å². The van der Waals surface area contributed by atoms with Gasteiger partial charge in [0.05, 0.1) is 18.6 Å². The molecule has 3 aromatic rings. The van der Waals surface area contributed by atoms with E-state index in [4.69, 9.17) is 10.5 Å². The molecule has 7 nitrogen and oxygen atoms in total. The zero-order valence-electron chi connectivity index (χ0n) is 16.4. The van der Waals surface area contributed by atoms with Crippen LogP contribution < -0.4 is 11.1 Å². The summed E-state index contributed by atoms with van der Waals surface area (Å²) in [5, 5.41) is 9.98. The van der Waals surface area contributed by atoms with Crippen LogP contribution in [0.5, 0.6) is 0 Å². The molecule has 0 aliphatic carbocycles. The van der Waals surface area contributed by atoms with E-state index in [1.54, 1.807) is 0 Å². The maximum Gasteiger partial charge on any atom is 0.230 e. The third-order valence-electron chi connectivity index (χ3n) is 5.20. The molecule has 0 spiro atoms. The number of H-pyrrole nitrogens is 1. The number of ether oxygens (including phenoxy) is 1. The Labute approximate surface area is 169 Å². The number of aromatic amines is 1. The summed E-state index contributed by atoms with van der Waals surface area (Å²) in [7, 11) is 0. The summed E-state index contributed by atoms with van der Waals surface area (Å²) in [6.07, 6.45) is 1.47. The van der Waals surface area contributed by atoms with E-state index in [0.29, 0.717) is 24.8 Å². The smallest absolute Gasteiger partial charge is 0.230 e. The molecule has 2 heterocycles. The standard InChI is InChI=1S/C22H25N5O2/c1-14-4-6-15(7-5-14)20-18(3-2-12-29-20)22(28)24-17-10-8-16(9-11-17)21-25-19(13-23)26-27-21/h4-11,18,20H,2-3,12-13,23H2,1H3,(H,24,28)(H,25,26,27). The van der Waals surface area contributed by atoms with Gasteiger partial charge in [-0.3, -0.25) is 9.89 Å². The second-order valence-electron chi connectivity index (χ2n) is 7.33. The maximum atomic E-state index is 13.0. The fourth-order valence-electron chi connectivity index (χ4n) is 3.59. The van der Waals surface area contributed by atoms with Crippen LogP contribution in [0.15, 0.2) is 48.5 Å². The molecular formula is C22H25N5O2. The highest BCUT2D eigenvalue weighted by molar-refractivity contribution is 5.93. The summed E-state index contributed by atoms with van der Waals surface area (Å²) >= 11 is 0. The first-order valence-electron chi connectivity index (χ1n) is 9.85. The minimum absolute atomic E-state index is 0.0219. The number of hydrogen-bond donors (Lipinski definition) is 3. The Morgan fingerprint density at radius 2 is 1.97 bits per heavy atom. The van der Waals surface area contributed by atoms with Crippen LogP contribution in [-0.2, 0) is 16.1 Å². The number of nitrogens with one attached hydrogen (secondary N) is 2. The van der Waals surface area contributed by atoms with E-state index in [2.05, 4.69) is 39.6 Å². The Bertz CT molecular complexity index is 966. The van der Waals surface area contributed by atoms with Gasteiger partial charge in [0.2, 0.25) is 5.91 Å². The molecule has 2 aromatic carbocycles. The first-order chi connectivity index (χ1) is 14.1. The lowest BCUT2D eigenvalue weighted by atomic mass is 9.88. The number of aryl methyl sites for hydroxylation is 1. The number of nitrogens with zero attached hydrogens (tertiary/aromatic N) is 2. The lowest BCUT2D eigenvalue weighted by Crippen LogP contribution is -2.33. The molecule has 1 saturated heterocycles. The third kappa shape index (κ3) is 4.36. The molecule has 4 N–H and O–H groups in total. The van der Waals surface area contributed by atoms with Crippen molar-refractivity contribution in [3.05, 3.63) is 65.5 Å². The lowest BCUT2D eigenvalue weighted by molar-refractivity contribution is -0.129. The van der Waals surface area contributed by atoms with Crippen molar-refractivity contribution < 1.29 is 9.53 Å². The molecule has 0 saturated carbocycles. The number of aromatic nitrogens is 3. The van der Waals surface area contributed by atoms with Gasteiger partial charge in [-0.15, -0.1) is 0 Å². The van der Waals surface area contributed by atoms with Crippen LogP contribution in [0.2, 0.25) is 0 Å². The topological polar surface area (TPSA) is 106 Å². The number of amides is 1. The van der Waals surface area contributed by atoms with Crippen LogP contribution in [0.1, 0.15) is 35.9 Å². The molecule has 1 fully saturated rings. The highest BCUT2D eigenvalue weighted by Gasteiger charge is 2.33. The molecule has 0 bridgehead atoms. The second kappa shape index (κ2) is 8.55. The number of rotatable bonds is 5. The van der Waals surface area contributed by atoms with Crippen molar-refractivity contribution in [2.24, 2.45) is 11.7 Å². The number of hydrogen-bond acceptors (Lipinski definition) is 5. The monoisotopic (exact) mass is 391 g/mol. The Morgan fingerprint density at radius 3 is 2.66 bits per heavy atom. The Morgan fingerprint density at radius 1 is 1.21 bits per heavy atom. The molecular weight excluding hydrogens is 366 g/mol. The second-order valence-corrected chi connectivity index (χ2v) is 7.33. The predicted molar refractivity (Wildman–Crippen MR) is 111 cm³/mol. The minimum atomic E-state index is -0.216. The van der Waals surface area contributed by atoms with E-state index in [-0.39, 0.29) is 17.9 Å². The highest BCUT2D eigenvalue weighted by atomic mass is 16.5. The van der Waals surface area contributed by atoms with E-state index in [9.17, 15) is 4.79 Å². The first-order valence-corrected chi connectivity index (χ1v) is 9.85. The highest BCUT2D eigenvalue weighted by Crippen LogP contribution is 2.34. The van der Waals surface area contributed by atoms with Crippen LogP contribution in [0, 0.1) is 12.8 Å². The summed E-state index contributed by atoms with van der Waals surface area (Å²) in [4.78, 5) is 17.3. The van der Waals surface area contributed by atoms with Crippen LogP contribution in [0.3, 0.4) is 0 Å². The fourth-order valence-corrected chi connectivity index (χ4v) is 3.59. The van der Waals surface area contributed by atoms with E-state index in [1.807, 2.05) is 36.4 Å². The SMILES string of the molecule is Cc1ccc(C2OCCCC2C(=O)Nc2ccc(-c3n[nH]c(CN)n3)cc2)cc1. The van der Waals surface area contributed by atoms with Gasteiger partial charge in [0, 0.05) is 17.9 Å². The Balaban J connectivity index is 1.46. The summed E-state index contributed by atoms with van der Waals surface area (Å²) in [6, 6.07) is 15.7. The largest absolute Gasteiger partial charge is 0.373 e. The maximum absolute atomic E-state index is 13.0. The molecule has 2 atom stereocenters. The van der Waals surface area contributed by atoms with Gasteiger partial charge in [0.15, 0.2) is 5.82 Å². The molecule has 1 amide bonds. The van der Waals surface area contributed by atoms with E-state index in [0.717, 1.165) is 29.7 Å². The number of benzene rings is 2. The van der Waals surface area contributed by atoms with E-state index >= 15 is 0 Å².